The number of hydrogen-bond acceptors (Lipinski definition) is 7. The summed E-state index contributed by atoms with van der Waals surface area (Å²) >= 11 is 0. The maximum absolute atomic E-state index is 13.1. The SMILES string of the molecule is NCCCC[C@H](NC(=O)CN1CCN(C(=O)CNC(=O)c2ccccc2)CC1)C(=O)N[C@H](C(=O)O)c1ccccc1. The summed E-state index contributed by atoms with van der Waals surface area (Å²) < 4.78 is 0. The van der Waals surface area contributed by atoms with Gasteiger partial charge in [-0.05, 0) is 43.5 Å². The first kappa shape index (κ1) is 31.2. The van der Waals surface area contributed by atoms with E-state index in [4.69, 9.17) is 5.73 Å². The predicted molar refractivity (Wildman–Crippen MR) is 152 cm³/mol. The average molecular weight is 567 g/mol. The molecule has 6 N–H and O–H groups in total. The third-order valence-corrected chi connectivity index (χ3v) is 6.79. The van der Waals surface area contributed by atoms with Gasteiger partial charge in [0.15, 0.2) is 6.04 Å². The van der Waals surface area contributed by atoms with Crippen molar-refractivity contribution in [3.63, 3.8) is 0 Å². The van der Waals surface area contributed by atoms with Gasteiger partial charge in [-0.2, -0.15) is 0 Å². The summed E-state index contributed by atoms with van der Waals surface area (Å²) in [7, 11) is 0. The minimum atomic E-state index is -1.25. The number of carbonyl (C=O) groups is 5. The van der Waals surface area contributed by atoms with E-state index in [2.05, 4.69) is 16.0 Å². The van der Waals surface area contributed by atoms with Crippen LogP contribution >= 0.6 is 0 Å². The molecular weight excluding hydrogens is 528 g/mol. The van der Waals surface area contributed by atoms with Gasteiger partial charge < -0.3 is 31.7 Å². The van der Waals surface area contributed by atoms with Gasteiger partial charge in [-0.1, -0.05) is 48.5 Å². The van der Waals surface area contributed by atoms with E-state index >= 15 is 0 Å². The number of nitrogens with one attached hydrogen (secondary N) is 3. The van der Waals surface area contributed by atoms with Crippen molar-refractivity contribution in [3.05, 3.63) is 71.8 Å². The van der Waals surface area contributed by atoms with Gasteiger partial charge in [0.1, 0.15) is 6.04 Å². The zero-order valence-corrected chi connectivity index (χ0v) is 23.0. The number of carboxylic acids is 1. The Hall–Kier alpha value is -4.29. The van der Waals surface area contributed by atoms with Crippen LogP contribution in [0.1, 0.15) is 41.2 Å². The normalized spacial score (nSPS) is 14.9. The van der Waals surface area contributed by atoms with E-state index in [1.807, 2.05) is 4.90 Å². The number of carbonyl (C=O) groups excluding carboxylic acids is 4. The van der Waals surface area contributed by atoms with Crippen LogP contribution in [0.4, 0.5) is 0 Å². The van der Waals surface area contributed by atoms with Crippen LogP contribution in [-0.4, -0.2) is 96.4 Å². The molecule has 0 saturated carbocycles. The first-order chi connectivity index (χ1) is 19.8. The van der Waals surface area contributed by atoms with Crippen LogP contribution in [0.2, 0.25) is 0 Å². The van der Waals surface area contributed by atoms with Gasteiger partial charge >= 0.3 is 5.97 Å². The van der Waals surface area contributed by atoms with Gasteiger partial charge in [-0.15, -0.1) is 0 Å². The summed E-state index contributed by atoms with van der Waals surface area (Å²) in [5, 5.41) is 17.6. The van der Waals surface area contributed by atoms with Crippen LogP contribution in [0.3, 0.4) is 0 Å². The topological polar surface area (TPSA) is 174 Å². The van der Waals surface area contributed by atoms with E-state index in [1.54, 1.807) is 65.6 Å². The zero-order chi connectivity index (χ0) is 29.6. The highest BCUT2D eigenvalue weighted by atomic mass is 16.4. The van der Waals surface area contributed by atoms with Gasteiger partial charge in [0, 0.05) is 31.7 Å². The first-order valence-electron chi connectivity index (χ1n) is 13.7. The second-order valence-electron chi connectivity index (χ2n) is 9.80. The molecule has 2 aromatic rings. The Morgan fingerprint density at radius 2 is 1.49 bits per heavy atom. The van der Waals surface area contributed by atoms with Gasteiger partial charge in [0.25, 0.3) is 5.91 Å². The Morgan fingerprint density at radius 3 is 2.10 bits per heavy atom. The van der Waals surface area contributed by atoms with Crippen LogP contribution < -0.4 is 21.7 Å². The van der Waals surface area contributed by atoms with Crippen molar-refractivity contribution in [1.82, 2.24) is 25.8 Å². The van der Waals surface area contributed by atoms with Gasteiger partial charge in [0.2, 0.25) is 17.7 Å². The van der Waals surface area contributed by atoms with E-state index in [0.29, 0.717) is 63.1 Å². The van der Waals surface area contributed by atoms with Crippen molar-refractivity contribution in [2.45, 2.75) is 31.3 Å². The van der Waals surface area contributed by atoms with Crippen molar-refractivity contribution in [2.75, 3.05) is 45.8 Å². The number of nitrogens with two attached hydrogens (primary N) is 1. The number of carboxylic acid groups (broad SMARTS) is 1. The number of hydrogen-bond donors (Lipinski definition) is 5. The minimum absolute atomic E-state index is 0.0223. The highest BCUT2D eigenvalue weighted by Crippen LogP contribution is 2.14. The number of piperazine rings is 1. The lowest BCUT2D eigenvalue weighted by atomic mass is 10.0. The fraction of sp³-hybridized carbons (Fsp3) is 0.414. The van der Waals surface area contributed by atoms with Gasteiger partial charge in [0.05, 0.1) is 13.1 Å². The van der Waals surface area contributed by atoms with Crippen molar-refractivity contribution in [2.24, 2.45) is 5.73 Å². The molecule has 0 radical (unpaired) electrons. The highest BCUT2D eigenvalue weighted by Gasteiger charge is 2.29. The Labute approximate surface area is 239 Å². The van der Waals surface area contributed by atoms with Crippen LogP contribution in [0, 0.1) is 0 Å². The van der Waals surface area contributed by atoms with Crippen molar-refractivity contribution in [1.29, 1.82) is 0 Å². The van der Waals surface area contributed by atoms with Crippen molar-refractivity contribution >= 4 is 29.6 Å². The molecule has 220 valence electrons. The molecule has 12 heteroatoms. The van der Waals surface area contributed by atoms with E-state index in [9.17, 15) is 29.1 Å². The number of benzene rings is 2. The second kappa shape index (κ2) is 16.1. The number of nitrogens with zero attached hydrogens (tertiary/aromatic N) is 2. The molecule has 1 aliphatic rings. The van der Waals surface area contributed by atoms with Crippen LogP contribution in [0.15, 0.2) is 60.7 Å². The van der Waals surface area contributed by atoms with E-state index in [1.165, 1.54) is 0 Å². The monoisotopic (exact) mass is 566 g/mol. The van der Waals surface area contributed by atoms with Crippen LogP contribution in [0.25, 0.3) is 0 Å². The summed E-state index contributed by atoms with van der Waals surface area (Å²) in [4.78, 5) is 66.0. The summed E-state index contributed by atoms with van der Waals surface area (Å²) in [6.45, 7) is 2.03. The molecule has 1 fully saturated rings. The molecule has 1 saturated heterocycles. The summed E-state index contributed by atoms with van der Waals surface area (Å²) in [5.74, 6) is -2.69. The molecule has 4 amide bonds. The lowest BCUT2D eigenvalue weighted by Gasteiger charge is -2.34. The Kier molecular flexibility index (Phi) is 12.3. The standard InChI is InChI=1S/C29H38N6O6/c30-14-8-7-13-23(28(39)33-26(29(40)41)21-9-3-1-4-10-21)32-24(36)20-34-15-17-35(18-16-34)25(37)19-31-27(38)22-11-5-2-6-12-22/h1-6,9-12,23,26H,7-8,13-20,30H2,(H,31,38)(H,32,36)(H,33,39)(H,40,41)/t23-,26-/m0/s1. The number of unbranched alkanes of at least 4 members (excludes halogenated alkanes) is 1. The lowest BCUT2D eigenvalue weighted by Crippen LogP contribution is -2.55. The second-order valence-corrected chi connectivity index (χ2v) is 9.80. The third-order valence-electron chi connectivity index (χ3n) is 6.79. The number of aliphatic carboxylic acids is 1. The molecule has 1 aliphatic heterocycles. The van der Waals surface area contributed by atoms with E-state index in [0.717, 1.165) is 0 Å². The minimum Gasteiger partial charge on any atom is -0.479 e. The average Bonchev–Trinajstić information content (AvgIpc) is 2.99. The highest BCUT2D eigenvalue weighted by molar-refractivity contribution is 5.96. The smallest absolute Gasteiger partial charge is 0.330 e. The molecule has 3 rings (SSSR count). The predicted octanol–water partition coefficient (Wildman–Crippen LogP) is 0.117. The van der Waals surface area contributed by atoms with Crippen LogP contribution in [-0.2, 0) is 19.2 Å². The Bertz CT molecular complexity index is 1170. The molecule has 2 atom stereocenters. The first-order valence-corrected chi connectivity index (χ1v) is 13.7. The maximum atomic E-state index is 13.1. The van der Waals surface area contributed by atoms with E-state index in [-0.39, 0.29) is 30.8 Å². The fourth-order valence-electron chi connectivity index (χ4n) is 4.50. The molecular formula is C29H38N6O6. The molecule has 0 bridgehead atoms. The quantitative estimate of drug-likeness (QED) is 0.200. The number of amides is 4. The molecule has 12 nitrogen and oxygen atoms in total. The maximum Gasteiger partial charge on any atom is 0.330 e. The molecule has 0 unspecified atom stereocenters. The summed E-state index contributed by atoms with van der Waals surface area (Å²) in [6, 6.07) is 14.8. The molecule has 0 aliphatic carbocycles. The number of rotatable bonds is 14. The van der Waals surface area contributed by atoms with Gasteiger partial charge in [-0.25, -0.2) is 4.79 Å². The van der Waals surface area contributed by atoms with Gasteiger partial charge in [-0.3, -0.25) is 24.1 Å². The molecule has 2 aromatic carbocycles. The third kappa shape index (κ3) is 10.00. The summed E-state index contributed by atoms with van der Waals surface area (Å²) in [5.41, 5.74) is 6.48. The Balaban J connectivity index is 1.48. The Morgan fingerprint density at radius 1 is 0.854 bits per heavy atom. The largest absolute Gasteiger partial charge is 0.479 e. The van der Waals surface area contributed by atoms with Crippen LogP contribution in [0.5, 0.6) is 0 Å². The summed E-state index contributed by atoms with van der Waals surface area (Å²) in [6.07, 6.45) is 1.55. The lowest BCUT2D eigenvalue weighted by molar-refractivity contribution is -0.142. The van der Waals surface area contributed by atoms with Crippen molar-refractivity contribution < 1.29 is 29.1 Å². The zero-order valence-electron chi connectivity index (χ0n) is 23.0. The molecule has 0 spiro atoms. The van der Waals surface area contributed by atoms with Crippen molar-refractivity contribution in [3.8, 4) is 0 Å². The molecule has 0 aromatic heterocycles. The molecule has 41 heavy (non-hydrogen) atoms. The fourth-order valence-corrected chi connectivity index (χ4v) is 4.50. The molecule has 1 heterocycles. The van der Waals surface area contributed by atoms with E-state index < -0.39 is 24.0 Å².